The van der Waals surface area contributed by atoms with E-state index in [1.54, 1.807) is 6.20 Å². The van der Waals surface area contributed by atoms with Crippen LogP contribution in [0.2, 0.25) is 0 Å². The van der Waals surface area contributed by atoms with Crippen LogP contribution in [0.25, 0.3) is 0 Å². The first-order chi connectivity index (χ1) is 7.55. The topological polar surface area (TPSA) is 34.1 Å². The molecule has 0 amide bonds. The van der Waals surface area contributed by atoms with Gasteiger partial charge < -0.3 is 10.1 Å². The molecule has 1 aliphatic carbocycles. The molecule has 1 heterocycles. The van der Waals surface area contributed by atoms with Crippen LogP contribution in [0, 0.1) is 12.3 Å². The van der Waals surface area contributed by atoms with Crippen LogP contribution in [0.15, 0.2) is 18.3 Å². The van der Waals surface area contributed by atoms with Crippen molar-refractivity contribution in [3.8, 4) is 5.75 Å². The standard InChI is InChI=1S/C13H20N2O/c1-9-10(6-5-7-15-9)16-12-8-11(14-4)13(12,2)3/h5-7,11-12,14H,8H2,1-4H3. The summed E-state index contributed by atoms with van der Waals surface area (Å²) >= 11 is 0. The molecule has 3 heteroatoms. The fourth-order valence-electron chi connectivity index (χ4n) is 2.32. The van der Waals surface area contributed by atoms with E-state index in [2.05, 4.69) is 24.1 Å². The minimum atomic E-state index is 0.191. The molecule has 2 unspecified atom stereocenters. The highest BCUT2D eigenvalue weighted by Gasteiger charge is 2.49. The van der Waals surface area contributed by atoms with Crippen LogP contribution in [-0.2, 0) is 0 Å². The van der Waals surface area contributed by atoms with Crippen molar-refractivity contribution in [2.24, 2.45) is 5.41 Å². The normalized spacial score (nSPS) is 27.2. The van der Waals surface area contributed by atoms with Crippen molar-refractivity contribution >= 4 is 0 Å². The summed E-state index contributed by atoms with van der Waals surface area (Å²) in [6.45, 7) is 6.47. The second-order valence-electron chi connectivity index (χ2n) is 5.09. The molecule has 1 N–H and O–H groups in total. The number of nitrogens with zero attached hydrogens (tertiary/aromatic N) is 1. The number of nitrogens with one attached hydrogen (secondary N) is 1. The van der Waals surface area contributed by atoms with Crippen LogP contribution in [-0.4, -0.2) is 24.2 Å². The number of hydrogen-bond donors (Lipinski definition) is 1. The molecular weight excluding hydrogens is 200 g/mol. The van der Waals surface area contributed by atoms with E-state index in [-0.39, 0.29) is 11.5 Å². The molecule has 88 valence electrons. The number of pyridine rings is 1. The van der Waals surface area contributed by atoms with Gasteiger partial charge in [-0.25, -0.2) is 0 Å². The number of aromatic nitrogens is 1. The second kappa shape index (κ2) is 4.06. The van der Waals surface area contributed by atoms with Crippen LogP contribution < -0.4 is 10.1 Å². The van der Waals surface area contributed by atoms with Crippen LogP contribution in [0.3, 0.4) is 0 Å². The minimum Gasteiger partial charge on any atom is -0.488 e. The quantitative estimate of drug-likeness (QED) is 0.847. The van der Waals surface area contributed by atoms with Gasteiger partial charge in [-0.2, -0.15) is 0 Å². The zero-order valence-electron chi connectivity index (χ0n) is 10.4. The maximum Gasteiger partial charge on any atom is 0.140 e. The number of aryl methyl sites for hydroxylation is 1. The summed E-state index contributed by atoms with van der Waals surface area (Å²) in [6.07, 6.45) is 3.15. The summed E-state index contributed by atoms with van der Waals surface area (Å²) < 4.78 is 6.03. The van der Waals surface area contributed by atoms with Crippen LogP contribution in [0.1, 0.15) is 26.0 Å². The first-order valence-electron chi connectivity index (χ1n) is 5.81. The molecule has 16 heavy (non-hydrogen) atoms. The summed E-state index contributed by atoms with van der Waals surface area (Å²) in [4.78, 5) is 4.24. The zero-order valence-corrected chi connectivity index (χ0v) is 10.4. The lowest BCUT2D eigenvalue weighted by Gasteiger charge is -2.51. The molecule has 0 aliphatic heterocycles. The lowest BCUT2D eigenvalue weighted by atomic mass is 9.64. The maximum atomic E-state index is 6.03. The van der Waals surface area contributed by atoms with E-state index in [0.717, 1.165) is 17.9 Å². The van der Waals surface area contributed by atoms with Crippen LogP contribution in [0.5, 0.6) is 5.75 Å². The largest absolute Gasteiger partial charge is 0.488 e. The molecule has 0 bridgehead atoms. The Morgan fingerprint density at radius 3 is 2.81 bits per heavy atom. The first-order valence-corrected chi connectivity index (χ1v) is 5.81. The Kier molecular flexibility index (Phi) is 2.89. The van der Waals surface area contributed by atoms with E-state index in [4.69, 9.17) is 4.74 Å². The molecule has 1 aromatic heterocycles. The highest BCUT2D eigenvalue weighted by atomic mass is 16.5. The Labute approximate surface area is 97.2 Å². The van der Waals surface area contributed by atoms with E-state index < -0.39 is 0 Å². The molecule has 0 aromatic carbocycles. The van der Waals surface area contributed by atoms with Crippen molar-refractivity contribution in [2.45, 2.75) is 39.3 Å². The van der Waals surface area contributed by atoms with Crippen molar-refractivity contribution in [1.82, 2.24) is 10.3 Å². The van der Waals surface area contributed by atoms with Crippen LogP contribution in [0.4, 0.5) is 0 Å². The third kappa shape index (κ3) is 1.80. The third-order valence-corrected chi connectivity index (χ3v) is 3.75. The van der Waals surface area contributed by atoms with Gasteiger partial charge in [-0.05, 0) is 26.1 Å². The highest BCUT2D eigenvalue weighted by Crippen LogP contribution is 2.43. The molecular formula is C13H20N2O. The molecule has 2 atom stereocenters. The molecule has 2 rings (SSSR count). The van der Waals surface area contributed by atoms with E-state index in [1.807, 2.05) is 26.1 Å². The smallest absolute Gasteiger partial charge is 0.140 e. The van der Waals surface area contributed by atoms with Gasteiger partial charge in [-0.3, -0.25) is 4.98 Å². The summed E-state index contributed by atoms with van der Waals surface area (Å²) in [5.41, 5.74) is 1.16. The molecule has 0 radical (unpaired) electrons. The van der Waals surface area contributed by atoms with Gasteiger partial charge in [0.05, 0.1) is 5.69 Å². The van der Waals surface area contributed by atoms with E-state index in [9.17, 15) is 0 Å². The van der Waals surface area contributed by atoms with Crippen LogP contribution >= 0.6 is 0 Å². The Hall–Kier alpha value is -1.09. The Balaban J connectivity index is 2.05. The van der Waals surface area contributed by atoms with Gasteiger partial charge >= 0.3 is 0 Å². The summed E-state index contributed by atoms with van der Waals surface area (Å²) in [6, 6.07) is 4.46. The van der Waals surface area contributed by atoms with Gasteiger partial charge in [0, 0.05) is 24.1 Å². The van der Waals surface area contributed by atoms with Gasteiger partial charge in [-0.1, -0.05) is 13.8 Å². The van der Waals surface area contributed by atoms with Crippen molar-refractivity contribution in [3.05, 3.63) is 24.0 Å². The maximum absolute atomic E-state index is 6.03. The highest BCUT2D eigenvalue weighted by molar-refractivity contribution is 5.26. The summed E-state index contributed by atoms with van der Waals surface area (Å²) in [7, 11) is 2.01. The lowest BCUT2D eigenvalue weighted by Crippen LogP contribution is -2.61. The fourth-order valence-corrected chi connectivity index (χ4v) is 2.32. The third-order valence-electron chi connectivity index (χ3n) is 3.75. The van der Waals surface area contributed by atoms with E-state index in [0.29, 0.717) is 6.04 Å². The Morgan fingerprint density at radius 1 is 1.50 bits per heavy atom. The molecule has 1 saturated carbocycles. The molecule has 1 fully saturated rings. The van der Waals surface area contributed by atoms with Crippen molar-refractivity contribution < 1.29 is 4.74 Å². The molecule has 3 nitrogen and oxygen atoms in total. The van der Waals surface area contributed by atoms with Gasteiger partial charge in [0.2, 0.25) is 0 Å². The van der Waals surface area contributed by atoms with Gasteiger partial charge in [-0.15, -0.1) is 0 Å². The average molecular weight is 220 g/mol. The summed E-state index contributed by atoms with van der Waals surface area (Å²) in [5, 5.41) is 3.33. The fraction of sp³-hybridized carbons (Fsp3) is 0.615. The van der Waals surface area contributed by atoms with Crippen molar-refractivity contribution in [1.29, 1.82) is 0 Å². The first kappa shape index (κ1) is 11.4. The monoisotopic (exact) mass is 220 g/mol. The predicted molar refractivity (Wildman–Crippen MR) is 64.6 cm³/mol. The van der Waals surface area contributed by atoms with E-state index in [1.165, 1.54) is 0 Å². The van der Waals surface area contributed by atoms with Gasteiger partial charge in [0.15, 0.2) is 0 Å². The molecule has 1 aliphatic rings. The van der Waals surface area contributed by atoms with Crippen molar-refractivity contribution in [3.63, 3.8) is 0 Å². The Morgan fingerprint density at radius 2 is 2.25 bits per heavy atom. The minimum absolute atomic E-state index is 0.191. The number of rotatable bonds is 3. The SMILES string of the molecule is CNC1CC(Oc2cccnc2C)C1(C)C. The van der Waals surface area contributed by atoms with E-state index >= 15 is 0 Å². The summed E-state index contributed by atoms with van der Waals surface area (Å²) in [5.74, 6) is 0.912. The second-order valence-corrected chi connectivity index (χ2v) is 5.09. The van der Waals surface area contributed by atoms with Gasteiger partial charge in [0.1, 0.15) is 11.9 Å². The Bertz CT molecular complexity index is 376. The molecule has 1 aromatic rings. The van der Waals surface area contributed by atoms with Crippen molar-refractivity contribution in [2.75, 3.05) is 7.05 Å². The average Bonchev–Trinajstić information content (AvgIpc) is 2.26. The predicted octanol–water partition coefficient (Wildman–Crippen LogP) is 2.16. The molecule has 0 saturated heterocycles. The lowest BCUT2D eigenvalue weighted by molar-refractivity contribution is -0.0526. The molecule has 0 spiro atoms. The number of ether oxygens (including phenoxy) is 1. The van der Waals surface area contributed by atoms with Gasteiger partial charge in [0.25, 0.3) is 0 Å². The number of hydrogen-bond acceptors (Lipinski definition) is 3. The zero-order chi connectivity index (χ0) is 11.8.